The van der Waals surface area contributed by atoms with E-state index in [1.54, 1.807) is 19.1 Å². The van der Waals surface area contributed by atoms with Gasteiger partial charge in [-0.25, -0.2) is 14.8 Å². The van der Waals surface area contributed by atoms with Gasteiger partial charge in [0.05, 0.1) is 6.61 Å². The van der Waals surface area contributed by atoms with Gasteiger partial charge in [0.15, 0.2) is 5.69 Å². The van der Waals surface area contributed by atoms with Gasteiger partial charge in [0.25, 0.3) is 5.91 Å². The molecule has 1 N–H and O–H groups in total. The number of rotatable bonds is 6. The van der Waals surface area contributed by atoms with E-state index in [0.717, 1.165) is 22.0 Å². The summed E-state index contributed by atoms with van der Waals surface area (Å²) in [6, 6.07) is 20.3. The van der Waals surface area contributed by atoms with E-state index in [1.165, 1.54) is 12.4 Å². The van der Waals surface area contributed by atoms with Crippen LogP contribution >= 0.6 is 0 Å². The lowest BCUT2D eigenvalue weighted by Crippen LogP contribution is -2.15. The van der Waals surface area contributed by atoms with Crippen molar-refractivity contribution in [3.8, 4) is 11.6 Å². The van der Waals surface area contributed by atoms with Crippen LogP contribution in [0.15, 0.2) is 73.1 Å². The van der Waals surface area contributed by atoms with Crippen LogP contribution in [0.4, 0.5) is 5.69 Å². The Morgan fingerprint density at radius 2 is 1.74 bits per heavy atom. The summed E-state index contributed by atoms with van der Waals surface area (Å²) in [4.78, 5) is 33.0. The Bertz CT molecular complexity index is 1390. The lowest BCUT2D eigenvalue weighted by Gasteiger charge is -2.20. The van der Waals surface area contributed by atoms with Gasteiger partial charge in [0, 0.05) is 17.3 Å². The van der Waals surface area contributed by atoms with Gasteiger partial charge in [-0.1, -0.05) is 45.0 Å². The lowest BCUT2D eigenvalue weighted by molar-refractivity contribution is 0.0518. The molecule has 0 fully saturated rings. The zero-order valence-corrected chi connectivity index (χ0v) is 20.2. The van der Waals surface area contributed by atoms with Crippen LogP contribution in [0, 0.1) is 0 Å². The summed E-state index contributed by atoms with van der Waals surface area (Å²) in [6.07, 6.45) is 1.25. The van der Waals surface area contributed by atoms with Gasteiger partial charge < -0.3 is 14.8 Å². The fourth-order valence-electron chi connectivity index (χ4n) is 3.62. The summed E-state index contributed by atoms with van der Waals surface area (Å²) < 4.78 is 10.8. The van der Waals surface area contributed by atoms with Crippen molar-refractivity contribution in [1.82, 2.24) is 9.97 Å². The van der Waals surface area contributed by atoms with E-state index in [-0.39, 0.29) is 29.5 Å². The number of anilines is 1. The van der Waals surface area contributed by atoms with Crippen LogP contribution in [-0.2, 0) is 10.2 Å². The Kier molecular flexibility index (Phi) is 6.78. The molecule has 3 aromatic carbocycles. The van der Waals surface area contributed by atoms with E-state index < -0.39 is 5.97 Å². The zero-order valence-electron chi connectivity index (χ0n) is 20.2. The van der Waals surface area contributed by atoms with Gasteiger partial charge in [0.2, 0.25) is 5.88 Å². The molecule has 0 aliphatic rings. The largest absolute Gasteiger partial charge is 0.461 e. The first-order valence-electron chi connectivity index (χ1n) is 11.4. The molecule has 7 nitrogen and oxygen atoms in total. The third-order valence-corrected chi connectivity index (χ3v) is 5.43. The van der Waals surface area contributed by atoms with Gasteiger partial charge in [0.1, 0.15) is 12.1 Å². The number of benzene rings is 3. The smallest absolute Gasteiger partial charge is 0.357 e. The number of fused-ring (bicyclic) bond motifs is 1. The Balaban J connectivity index is 1.56. The molecule has 0 saturated carbocycles. The standard InChI is InChI=1S/C28H27N3O4/c1-5-34-27(33)24-16-25(30-17-29-24)35-21-12-13-22-18(14-21)8-6-11-23(22)26(32)31-20-10-7-9-19(15-20)28(2,3)4/h6-17H,5H2,1-4H3,(H,31,32). The van der Waals surface area contributed by atoms with Crippen LogP contribution < -0.4 is 10.1 Å². The van der Waals surface area contributed by atoms with Gasteiger partial charge in [-0.3, -0.25) is 4.79 Å². The number of carbonyl (C=O) groups excluding carboxylic acids is 2. The van der Waals surface area contributed by atoms with Crippen molar-refractivity contribution in [3.63, 3.8) is 0 Å². The van der Waals surface area contributed by atoms with Crippen molar-refractivity contribution in [1.29, 1.82) is 0 Å². The topological polar surface area (TPSA) is 90.4 Å². The summed E-state index contributed by atoms with van der Waals surface area (Å²) in [5, 5.41) is 4.64. The molecule has 1 heterocycles. The van der Waals surface area contributed by atoms with Crippen LogP contribution in [0.1, 0.15) is 54.1 Å². The maximum Gasteiger partial charge on any atom is 0.357 e. The maximum atomic E-state index is 13.1. The fraction of sp³-hybridized carbons (Fsp3) is 0.214. The average molecular weight is 470 g/mol. The number of nitrogens with one attached hydrogen (secondary N) is 1. The molecular formula is C28H27N3O4. The zero-order chi connectivity index (χ0) is 25.0. The van der Waals surface area contributed by atoms with E-state index in [0.29, 0.717) is 11.3 Å². The average Bonchev–Trinajstić information content (AvgIpc) is 2.83. The highest BCUT2D eigenvalue weighted by Crippen LogP contribution is 2.28. The number of amides is 1. The summed E-state index contributed by atoms with van der Waals surface area (Å²) in [6.45, 7) is 8.39. The Hall–Kier alpha value is -4.26. The van der Waals surface area contributed by atoms with Gasteiger partial charge >= 0.3 is 5.97 Å². The molecule has 0 saturated heterocycles. The van der Waals surface area contributed by atoms with Crippen LogP contribution in [0.2, 0.25) is 0 Å². The van der Waals surface area contributed by atoms with Crippen LogP contribution in [0.3, 0.4) is 0 Å². The predicted molar refractivity (Wildman–Crippen MR) is 135 cm³/mol. The molecule has 4 rings (SSSR count). The number of carbonyl (C=O) groups is 2. The Labute approximate surface area is 204 Å². The highest BCUT2D eigenvalue weighted by Gasteiger charge is 2.16. The molecule has 178 valence electrons. The normalized spacial score (nSPS) is 11.2. The molecular weight excluding hydrogens is 442 g/mol. The Morgan fingerprint density at radius 1 is 0.943 bits per heavy atom. The van der Waals surface area contributed by atoms with E-state index in [1.807, 2.05) is 42.5 Å². The minimum absolute atomic E-state index is 0.0165. The second-order valence-electron chi connectivity index (χ2n) is 9.04. The van der Waals surface area contributed by atoms with Crippen molar-refractivity contribution < 1.29 is 19.1 Å². The number of nitrogens with zero attached hydrogens (tertiary/aromatic N) is 2. The second-order valence-corrected chi connectivity index (χ2v) is 9.04. The molecule has 0 atom stereocenters. The summed E-state index contributed by atoms with van der Waals surface area (Å²) >= 11 is 0. The molecule has 1 amide bonds. The highest BCUT2D eigenvalue weighted by atomic mass is 16.5. The molecule has 0 radical (unpaired) electrons. The van der Waals surface area contributed by atoms with Crippen molar-refractivity contribution >= 4 is 28.3 Å². The summed E-state index contributed by atoms with van der Waals surface area (Å²) in [5.41, 5.74) is 2.55. The fourth-order valence-corrected chi connectivity index (χ4v) is 3.62. The van der Waals surface area contributed by atoms with Crippen LogP contribution in [0.5, 0.6) is 11.6 Å². The van der Waals surface area contributed by atoms with Crippen molar-refractivity contribution in [2.24, 2.45) is 0 Å². The monoisotopic (exact) mass is 469 g/mol. The maximum absolute atomic E-state index is 13.1. The number of hydrogen-bond donors (Lipinski definition) is 1. The SMILES string of the molecule is CCOC(=O)c1cc(Oc2ccc3c(C(=O)Nc4cccc(C(C)(C)C)c4)cccc3c2)ncn1. The third kappa shape index (κ3) is 5.63. The number of hydrogen-bond acceptors (Lipinski definition) is 6. The first-order valence-corrected chi connectivity index (χ1v) is 11.4. The van der Waals surface area contributed by atoms with E-state index in [9.17, 15) is 9.59 Å². The van der Waals surface area contributed by atoms with Gasteiger partial charge in [-0.15, -0.1) is 0 Å². The van der Waals surface area contributed by atoms with Crippen molar-refractivity contribution in [3.05, 3.63) is 89.9 Å². The number of ether oxygens (including phenoxy) is 2. The Morgan fingerprint density at radius 3 is 2.51 bits per heavy atom. The highest BCUT2D eigenvalue weighted by molar-refractivity contribution is 6.13. The first-order chi connectivity index (χ1) is 16.7. The minimum Gasteiger partial charge on any atom is -0.461 e. The van der Waals surface area contributed by atoms with Crippen molar-refractivity contribution in [2.45, 2.75) is 33.1 Å². The van der Waals surface area contributed by atoms with E-state index in [4.69, 9.17) is 9.47 Å². The van der Waals surface area contributed by atoms with Crippen LogP contribution in [0.25, 0.3) is 10.8 Å². The van der Waals surface area contributed by atoms with Gasteiger partial charge in [-0.05, 0) is 65.1 Å². The quantitative estimate of drug-likeness (QED) is 0.341. The predicted octanol–water partition coefficient (Wildman–Crippen LogP) is 6.15. The summed E-state index contributed by atoms with van der Waals surface area (Å²) in [7, 11) is 0. The molecule has 1 aromatic heterocycles. The molecule has 0 aliphatic carbocycles. The van der Waals surface area contributed by atoms with E-state index in [2.05, 4.69) is 42.1 Å². The van der Waals surface area contributed by atoms with Crippen molar-refractivity contribution in [2.75, 3.05) is 11.9 Å². The molecule has 0 unspecified atom stereocenters. The molecule has 7 heteroatoms. The first kappa shape index (κ1) is 23.9. The molecule has 0 spiro atoms. The van der Waals surface area contributed by atoms with Gasteiger partial charge in [-0.2, -0.15) is 0 Å². The van der Waals surface area contributed by atoms with E-state index >= 15 is 0 Å². The molecule has 35 heavy (non-hydrogen) atoms. The molecule has 4 aromatic rings. The molecule has 0 aliphatic heterocycles. The summed E-state index contributed by atoms with van der Waals surface area (Å²) in [5.74, 6) is 0.00337. The second kappa shape index (κ2) is 9.93. The number of esters is 1. The third-order valence-electron chi connectivity index (χ3n) is 5.43. The molecule has 0 bridgehead atoms. The lowest BCUT2D eigenvalue weighted by atomic mass is 9.87. The van der Waals surface area contributed by atoms with Crippen LogP contribution in [-0.4, -0.2) is 28.5 Å². The number of aromatic nitrogens is 2. The minimum atomic E-state index is -0.540.